The molecule has 0 aromatic heterocycles. The van der Waals surface area contributed by atoms with E-state index in [1.165, 1.54) is 12.1 Å². The molecule has 1 aliphatic rings. The van der Waals surface area contributed by atoms with Gasteiger partial charge in [-0.1, -0.05) is 13.8 Å². The van der Waals surface area contributed by atoms with Crippen molar-refractivity contribution in [3.8, 4) is 5.75 Å². The van der Waals surface area contributed by atoms with Crippen LogP contribution in [0.2, 0.25) is 0 Å². The molecule has 1 aromatic carbocycles. The second kappa shape index (κ2) is 4.10. The minimum Gasteiger partial charge on any atom is -0.490 e. The number of ether oxygens (including phenoxy) is 1. The normalized spacial score (nSPS) is 19.1. The summed E-state index contributed by atoms with van der Waals surface area (Å²) in [5.74, 6) is 0.524. The Labute approximate surface area is 96.9 Å². The molecule has 0 saturated carbocycles. The van der Waals surface area contributed by atoms with Crippen LogP contribution in [0.15, 0.2) is 16.6 Å². The Hall–Kier alpha value is -0.610. The largest absolute Gasteiger partial charge is 0.490 e. The molecule has 0 saturated heterocycles. The monoisotopic (exact) mass is 273 g/mol. The summed E-state index contributed by atoms with van der Waals surface area (Å²) in [6.07, 6.45) is 0. The molecule has 1 aromatic rings. The molecule has 4 heteroatoms. The predicted octanol–water partition coefficient (Wildman–Crippen LogP) is 3.02. The molecule has 1 aliphatic heterocycles. The first-order chi connectivity index (χ1) is 7.08. The van der Waals surface area contributed by atoms with Crippen molar-refractivity contribution in [3.05, 3.63) is 28.0 Å². The summed E-state index contributed by atoms with van der Waals surface area (Å²) in [5, 5.41) is 3.34. The number of hydrogen-bond donors (Lipinski definition) is 1. The van der Waals surface area contributed by atoms with Crippen LogP contribution in [0.25, 0.3) is 0 Å². The summed E-state index contributed by atoms with van der Waals surface area (Å²) in [5.41, 5.74) is 0.899. The average Bonchev–Trinajstić information content (AvgIpc) is 2.48. The standard InChI is InChI=1S/C11H13BrFNO/c1-6(2)14-10-5-15-11-8(10)3-7(13)4-9(11)12/h3-4,6,10,14H,5H2,1-2H3. The fourth-order valence-corrected chi connectivity index (χ4v) is 2.35. The van der Waals surface area contributed by atoms with Crippen LogP contribution in [0.4, 0.5) is 4.39 Å². The summed E-state index contributed by atoms with van der Waals surface area (Å²) in [6.45, 7) is 4.69. The van der Waals surface area contributed by atoms with Crippen molar-refractivity contribution in [2.45, 2.75) is 25.9 Å². The third-order valence-electron chi connectivity index (χ3n) is 2.34. The van der Waals surface area contributed by atoms with Crippen molar-refractivity contribution in [2.75, 3.05) is 6.61 Å². The fraction of sp³-hybridized carbons (Fsp3) is 0.455. The van der Waals surface area contributed by atoms with Crippen molar-refractivity contribution in [3.63, 3.8) is 0 Å². The van der Waals surface area contributed by atoms with E-state index in [-0.39, 0.29) is 11.9 Å². The highest BCUT2D eigenvalue weighted by molar-refractivity contribution is 9.10. The smallest absolute Gasteiger partial charge is 0.138 e. The number of rotatable bonds is 2. The zero-order valence-electron chi connectivity index (χ0n) is 8.68. The summed E-state index contributed by atoms with van der Waals surface area (Å²) >= 11 is 3.30. The van der Waals surface area contributed by atoms with Crippen LogP contribution in [-0.2, 0) is 0 Å². The predicted molar refractivity (Wildman–Crippen MR) is 60.6 cm³/mol. The molecule has 1 unspecified atom stereocenters. The van der Waals surface area contributed by atoms with Gasteiger partial charge in [0.15, 0.2) is 0 Å². The minimum absolute atomic E-state index is 0.0898. The number of nitrogens with one attached hydrogen (secondary N) is 1. The molecule has 2 nitrogen and oxygen atoms in total. The van der Waals surface area contributed by atoms with Crippen molar-refractivity contribution >= 4 is 15.9 Å². The lowest BCUT2D eigenvalue weighted by molar-refractivity contribution is 0.302. The van der Waals surface area contributed by atoms with Crippen molar-refractivity contribution in [1.29, 1.82) is 0 Å². The summed E-state index contributed by atoms with van der Waals surface area (Å²) in [6, 6.07) is 3.41. The molecule has 0 spiro atoms. The van der Waals surface area contributed by atoms with Gasteiger partial charge in [0.05, 0.1) is 10.5 Å². The van der Waals surface area contributed by atoms with Gasteiger partial charge in [-0.3, -0.25) is 0 Å². The van der Waals surface area contributed by atoms with E-state index in [9.17, 15) is 4.39 Å². The van der Waals surface area contributed by atoms with Gasteiger partial charge in [-0.15, -0.1) is 0 Å². The van der Waals surface area contributed by atoms with E-state index in [1.807, 2.05) is 0 Å². The zero-order chi connectivity index (χ0) is 11.0. The van der Waals surface area contributed by atoms with E-state index in [0.29, 0.717) is 17.1 Å². The Morgan fingerprint density at radius 2 is 2.27 bits per heavy atom. The number of hydrogen-bond acceptors (Lipinski definition) is 2. The maximum Gasteiger partial charge on any atom is 0.138 e. The Kier molecular flexibility index (Phi) is 2.98. The summed E-state index contributed by atoms with van der Waals surface area (Å²) < 4.78 is 19.4. The highest BCUT2D eigenvalue weighted by Crippen LogP contribution is 2.39. The third kappa shape index (κ3) is 2.16. The Morgan fingerprint density at radius 1 is 1.53 bits per heavy atom. The highest BCUT2D eigenvalue weighted by Gasteiger charge is 2.27. The summed E-state index contributed by atoms with van der Waals surface area (Å²) in [7, 11) is 0. The van der Waals surface area contributed by atoms with Gasteiger partial charge in [0.25, 0.3) is 0 Å². The van der Waals surface area contributed by atoms with E-state index in [4.69, 9.17) is 4.74 Å². The van der Waals surface area contributed by atoms with E-state index < -0.39 is 0 Å². The molecule has 0 bridgehead atoms. The first-order valence-corrected chi connectivity index (χ1v) is 5.75. The van der Waals surface area contributed by atoms with Crippen molar-refractivity contribution < 1.29 is 9.13 Å². The molecule has 1 heterocycles. The van der Waals surface area contributed by atoms with E-state index in [0.717, 1.165) is 11.3 Å². The minimum atomic E-state index is -0.235. The molecule has 82 valence electrons. The Balaban J connectivity index is 2.33. The lowest BCUT2D eigenvalue weighted by Crippen LogP contribution is -2.29. The molecular formula is C11H13BrFNO. The molecule has 2 rings (SSSR count). The van der Waals surface area contributed by atoms with Gasteiger partial charge in [-0.2, -0.15) is 0 Å². The summed E-state index contributed by atoms with van der Waals surface area (Å²) in [4.78, 5) is 0. The maximum absolute atomic E-state index is 13.2. The molecule has 1 N–H and O–H groups in total. The van der Waals surface area contributed by atoms with Gasteiger partial charge in [-0.25, -0.2) is 4.39 Å². The third-order valence-corrected chi connectivity index (χ3v) is 2.93. The topological polar surface area (TPSA) is 21.3 Å². The molecule has 0 amide bonds. The fourth-order valence-electron chi connectivity index (χ4n) is 1.79. The van der Waals surface area contributed by atoms with Crippen LogP contribution >= 0.6 is 15.9 Å². The van der Waals surface area contributed by atoms with Gasteiger partial charge < -0.3 is 10.1 Å². The van der Waals surface area contributed by atoms with Crippen LogP contribution in [0.3, 0.4) is 0 Å². The zero-order valence-corrected chi connectivity index (χ0v) is 10.3. The number of benzene rings is 1. The lowest BCUT2D eigenvalue weighted by atomic mass is 10.1. The lowest BCUT2D eigenvalue weighted by Gasteiger charge is -2.14. The first kappa shape index (κ1) is 10.9. The Bertz CT molecular complexity index is 381. The van der Waals surface area contributed by atoms with E-state index >= 15 is 0 Å². The second-order valence-electron chi connectivity index (χ2n) is 3.99. The van der Waals surface area contributed by atoms with E-state index in [2.05, 4.69) is 35.1 Å². The van der Waals surface area contributed by atoms with Crippen LogP contribution < -0.4 is 10.1 Å². The molecule has 0 aliphatic carbocycles. The van der Waals surface area contributed by atoms with Gasteiger partial charge in [0.1, 0.15) is 18.2 Å². The van der Waals surface area contributed by atoms with Crippen molar-refractivity contribution in [1.82, 2.24) is 5.32 Å². The average molecular weight is 274 g/mol. The Morgan fingerprint density at radius 3 is 2.93 bits per heavy atom. The molecule has 0 fully saturated rings. The van der Waals surface area contributed by atoms with Crippen molar-refractivity contribution in [2.24, 2.45) is 0 Å². The molecule has 1 atom stereocenters. The van der Waals surface area contributed by atoms with Gasteiger partial charge >= 0.3 is 0 Å². The highest BCUT2D eigenvalue weighted by atomic mass is 79.9. The van der Waals surface area contributed by atoms with Crippen LogP contribution in [0, 0.1) is 5.82 Å². The molecular weight excluding hydrogens is 261 g/mol. The van der Waals surface area contributed by atoms with E-state index in [1.54, 1.807) is 0 Å². The maximum atomic E-state index is 13.2. The van der Waals surface area contributed by atoms with Gasteiger partial charge in [-0.05, 0) is 28.1 Å². The van der Waals surface area contributed by atoms with Crippen LogP contribution in [0.5, 0.6) is 5.75 Å². The molecule has 15 heavy (non-hydrogen) atoms. The second-order valence-corrected chi connectivity index (χ2v) is 4.85. The van der Waals surface area contributed by atoms with Crippen LogP contribution in [-0.4, -0.2) is 12.6 Å². The number of halogens is 2. The first-order valence-electron chi connectivity index (χ1n) is 4.95. The van der Waals surface area contributed by atoms with Gasteiger partial charge in [0, 0.05) is 11.6 Å². The van der Waals surface area contributed by atoms with Gasteiger partial charge in [0.2, 0.25) is 0 Å². The molecule has 0 radical (unpaired) electrons. The number of fused-ring (bicyclic) bond motifs is 1. The SMILES string of the molecule is CC(C)NC1COc2c(Br)cc(F)cc21. The quantitative estimate of drug-likeness (QED) is 0.895. The van der Waals surface area contributed by atoms with Crippen LogP contribution in [0.1, 0.15) is 25.5 Å².